The second kappa shape index (κ2) is 8.03. The quantitative estimate of drug-likeness (QED) is 0.725. The van der Waals surface area contributed by atoms with E-state index in [0.29, 0.717) is 17.1 Å². The predicted octanol–water partition coefficient (Wildman–Crippen LogP) is 3.54. The van der Waals surface area contributed by atoms with Crippen molar-refractivity contribution in [1.29, 1.82) is 0 Å². The van der Waals surface area contributed by atoms with Crippen LogP contribution in [0.1, 0.15) is 29.9 Å². The summed E-state index contributed by atoms with van der Waals surface area (Å²) in [5, 5.41) is 2.86. The van der Waals surface area contributed by atoms with Crippen molar-refractivity contribution < 1.29 is 13.9 Å². The Hall–Kier alpha value is -3.15. The van der Waals surface area contributed by atoms with E-state index in [2.05, 4.69) is 10.3 Å². The van der Waals surface area contributed by atoms with Gasteiger partial charge in [-0.25, -0.2) is 9.37 Å². The summed E-state index contributed by atoms with van der Waals surface area (Å²) in [4.78, 5) is 17.0. The molecular weight excluding hydrogens is 345 g/mol. The number of nitrogens with zero attached hydrogens (tertiary/aromatic N) is 2. The van der Waals surface area contributed by atoms with E-state index in [1.807, 2.05) is 31.2 Å². The zero-order chi connectivity index (χ0) is 19.4. The van der Waals surface area contributed by atoms with Crippen LogP contribution in [0.4, 0.5) is 4.39 Å². The lowest BCUT2D eigenvalue weighted by Gasteiger charge is -2.22. The van der Waals surface area contributed by atoms with Crippen molar-refractivity contribution in [3.05, 3.63) is 83.7 Å². The van der Waals surface area contributed by atoms with Crippen LogP contribution in [0.15, 0.2) is 60.9 Å². The number of aryl methyl sites for hydroxylation is 2. The maximum absolute atomic E-state index is 14.4. The Morgan fingerprint density at radius 1 is 1.19 bits per heavy atom. The van der Waals surface area contributed by atoms with E-state index in [-0.39, 0.29) is 5.91 Å². The minimum absolute atomic E-state index is 0.350. The minimum atomic E-state index is -0.748. The van der Waals surface area contributed by atoms with Crippen LogP contribution in [-0.4, -0.2) is 21.6 Å². The molecule has 3 aromatic rings. The second-order valence-electron chi connectivity index (χ2n) is 6.43. The smallest absolute Gasteiger partial charge is 0.261 e. The standard InChI is InChI=1S/C21H22FN3O2/c1-14-8-10-16(11-9-14)27-15(2)21(26)24-19(20-23-12-13-25(20)3)17-6-4-5-7-18(17)22/h4-13,15,19H,1-3H3,(H,24,26)/t15-,19-/m1/s1. The van der Waals surface area contributed by atoms with Crippen LogP contribution in [-0.2, 0) is 11.8 Å². The van der Waals surface area contributed by atoms with Crippen molar-refractivity contribution >= 4 is 5.91 Å². The van der Waals surface area contributed by atoms with Crippen molar-refractivity contribution in [3.63, 3.8) is 0 Å². The minimum Gasteiger partial charge on any atom is -0.481 e. The molecule has 0 aliphatic heterocycles. The first-order valence-electron chi connectivity index (χ1n) is 8.71. The lowest BCUT2D eigenvalue weighted by atomic mass is 10.0. The molecule has 0 fully saturated rings. The molecule has 140 valence electrons. The molecule has 2 aromatic carbocycles. The van der Waals surface area contributed by atoms with Gasteiger partial charge in [0.15, 0.2) is 6.10 Å². The molecule has 0 saturated heterocycles. The van der Waals surface area contributed by atoms with Gasteiger partial charge in [-0.15, -0.1) is 0 Å². The summed E-state index contributed by atoms with van der Waals surface area (Å²) >= 11 is 0. The second-order valence-corrected chi connectivity index (χ2v) is 6.43. The summed E-state index contributed by atoms with van der Waals surface area (Å²) < 4.78 is 21.8. The molecule has 27 heavy (non-hydrogen) atoms. The van der Waals surface area contributed by atoms with Crippen LogP contribution in [0.25, 0.3) is 0 Å². The van der Waals surface area contributed by atoms with Gasteiger partial charge in [0.25, 0.3) is 5.91 Å². The number of benzene rings is 2. The maximum atomic E-state index is 14.4. The fraction of sp³-hybridized carbons (Fsp3) is 0.238. The van der Waals surface area contributed by atoms with Gasteiger partial charge in [0.05, 0.1) is 0 Å². The first-order valence-corrected chi connectivity index (χ1v) is 8.71. The number of hydrogen-bond acceptors (Lipinski definition) is 3. The van der Waals surface area contributed by atoms with Crippen molar-refractivity contribution in [2.75, 3.05) is 0 Å². The molecule has 0 bridgehead atoms. The van der Waals surface area contributed by atoms with Gasteiger partial charge in [-0.3, -0.25) is 4.79 Å². The van der Waals surface area contributed by atoms with E-state index in [1.54, 1.807) is 49.1 Å². The highest BCUT2D eigenvalue weighted by atomic mass is 19.1. The van der Waals surface area contributed by atoms with Gasteiger partial charge in [-0.2, -0.15) is 0 Å². The topological polar surface area (TPSA) is 56.1 Å². The van der Waals surface area contributed by atoms with Crippen LogP contribution in [0.2, 0.25) is 0 Å². The average molecular weight is 367 g/mol. The van der Waals surface area contributed by atoms with Crippen molar-refractivity contribution in [3.8, 4) is 5.75 Å². The highest BCUT2D eigenvalue weighted by Crippen LogP contribution is 2.23. The maximum Gasteiger partial charge on any atom is 0.261 e. The van der Waals surface area contributed by atoms with Crippen LogP contribution < -0.4 is 10.1 Å². The Balaban J connectivity index is 1.81. The average Bonchev–Trinajstić information content (AvgIpc) is 3.08. The highest BCUT2D eigenvalue weighted by Gasteiger charge is 2.26. The lowest BCUT2D eigenvalue weighted by Crippen LogP contribution is -2.40. The summed E-state index contributed by atoms with van der Waals surface area (Å²) in [5.74, 6) is 0.378. The van der Waals surface area contributed by atoms with Crippen molar-refractivity contribution in [2.24, 2.45) is 7.05 Å². The Bertz CT molecular complexity index is 921. The van der Waals surface area contributed by atoms with E-state index in [4.69, 9.17) is 4.74 Å². The molecule has 1 amide bonds. The van der Waals surface area contributed by atoms with E-state index in [9.17, 15) is 9.18 Å². The van der Waals surface area contributed by atoms with Crippen LogP contribution in [0.5, 0.6) is 5.75 Å². The van der Waals surface area contributed by atoms with Crippen LogP contribution in [0, 0.1) is 12.7 Å². The van der Waals surface area contributed by atoms with Crippen LogP contribution >= 0.6 is 0 Å². The number of carbonyl (C=O) groups is 1. The van der Waals surface area contributed by atoms with Crippen LogP contribution in [0.3, 0.4) is 0 Å². The third-order valence-electron chi connectivity index (χ3n) is 4.32. The molecule has 3 rings (SSSR count). The van der Waals surface area contributed by atoms with Gasteiger partial charge in [-0.05, 0) is 32.0 Å². The number of ether oxygens (including phenoxy) is 1. The molecule has 2 atom stereocenters. The molecule has 0 spiro atoms. The van der Waals surface area contributed by atoms with Gasteiger partial charge in [-0.1, -0.05) is 35.9 Å². The molecule has 1 N–H and O–H groups in total. The number of aromatic nitrogens is 2. The molecule has 1 aromatic heterocycles. The first kappa shape index (κ1) is 18.6. The molecule has 0 saturated carbocycles. The fourth-order valence-electron chi connectivity index (χ4n) is 2.78. The Labute approximate surface area is 157 Å². The number of imidazole rings is 1. The summed E-state index contributed by atoms with van der Waals surface area (Å²) in [7, 11) is 1.80. The fourth-order valence-corrected chi connectivity index (χ4v) is 2.78. The van der Waals surface area contributed by atoms with Crippen molar-refractivity contribution in [1.82, 2.24) is 14.9 Å². The summed E-state index contributed by atoms with van der Waals surface area (Å²) in [6.07, 6.45) is 2.62. The molecule has 6 heteroatoms. The number of nitrogens with one attached hydrogen (secondary N) is 1. The first-order chi connectivity index (χ1) is 13.0. The molecule has 0 radical (unpaired) electrons. The van der Waals surface area contributed by atoms with E-state index < -0.39 is 18.0 Å². The summed E-state index contributed by atoms with van der Waals surface area (Å²) in [6, 6.07) is 13.1. The zero-order valence-corrected chi connectivity index (χ0v) is 15.5. The SMILES string of the molecule is Cc1ccc(O[C@H](C)C(=O)N[C@H](c2ccccc2F)c2nccn2C)cc1. The van der Waals surface area contributed by atoms with Gasteiger partial charge in [0, 0.05) is 25.0 Å². The van der Waals surface area contributed by atoms with Crippen molar-refractivity contribution in [2.45, 2.75) is 26.0 Å². The van der Waals surface area contributed by atoms with Gasteiger partial charge < -0.3 is 14.6 Å². The third-order valence-corrected chi connectivity index (χ3v) is 4.32. The highest BCUT2D eigenvalue weighted by molar-refractivity contribution is 5.81. The molecule has 5 nitrogen and oxygen atoms in total. The Kier molecular flexibility index (Phi) is 5.54. The molecular formula is C21H22FN3O2. The number of amides is 1. The van der Waals surface area contributed by atoms with E-state index in [1.165, 1.54) is 6.07 Å². The molecule has 0 aliphatic rings. The number of carbonyl (C=O) groups excluding carboxylic acids is 1. The Morgan fingerprint density at radius 3 is 2.52 bits per heavy atom. The normalized spacial score (nSPS) is 13.0. The number of hydrogen-bond donors (Lipinski definition) is 1. The Morgan fingerprint density at radius 2 is 1.89 bits per heavy atom. The molecule has 0 aliphatic carbocycles. The summed E-state index contributed by atoms with van der Waals surface area (Å²) in [6.45, 7) is 3.64. The van der Waals surface area contributed by atoms with E-state index >= 15 is 0 Å². The monoisotopic (exact) mass is 367 g/mol. The largest absolute Gasteiger partial charge is 0.481 e. The zero-order valence-electron chi connectivity index (χ0n) is 15.5. The predicted molar refractivity (Wildman–Crippen MR) is 101 cm³/mol. The summed E-state index contributed by atoms with van der Waals surface area (Å²) in [5.41, 5.74) is 1.46. The third kappa shape index (κ3) is 4.34. The van der Waals surface area contributed by atoms with E-state index in [0.717, 1.165) is 5.56 Å². The number of halogens is 1. The van der Waals surface area contributed by atoms with Gasteiger partial charge >= 0.3 is 0 Å². The van der Waals surface area contributed by atoms with Gasteiger partial charge in [0.2, 0.25) is 0 Å². The van der Waals surface area contributed by atoms with Gasteiger partial charge in [0.1, 0.15) is 23.4 Å². The molecule has 1 heterocycles. The number of rotatable bonds is 6. The lowest BCUT2D eigenvalue weighted by molar-refractivity contribution is -0.127. The molecule has 0 unspecified atom stereocenters.